The molecule has 4 heteroatoms. The van der Waals surface area contributed by atoms with E-state index in [1.807, 2.05) is 12.1 Å². The highest BCUT2D eigenvalue weighted by Crippen LogP contribution is 2.07. The van der Waals surface area contributed by atoms with E-state index in [4.69, 9.17) is 11.5 Å². The monoisotopic (exact) mass is 232 g/mol. The third-order valence-corrected chi connectivity index (χ3v) is 2.43. The maximum Gasteiger partial charge on any atom is 0.211 e. The van der Waals surface area contributed by atoms with Gasteiger partial charge < -0.3 is 11.5 Å². The maximum absolute atomic E-state index is 5.16. The van der Waals surface area contributed by atoms with Crippen molar-refractivity contribution in [2.75, 3.05) is 0 Å². The summed E-state index contributed by atoms with van der Waals surface area (Å²) in [6.07, 6.45) is 6.56. The van der Waals surface area contributed by atoms with E-state index in [0.717, 1.165) is 12.0 Å². The first-order valence-electron chi connectivity index (χ1n) is 5.93. The van der Waals surface area contributed by atoms with E-state index < -0.39 is 0 Å². The van der Waals surface area contributed by atoms with E-state index in [1.54, 1.807) is 6.21 Å². The Hall–Kier alpha value is -1.84. The molecule has 0 atom stereocenters. The molecule has 0 aliphatic carbocycles. The number of aryl methyl sites for hydroxylation is 1. The number of benzene rings is 1. The number of rotatable bonds is 6. The van der Waals surface area contributed by atoms with Crippen molar-refractivity contribution in [1.29, 1.82) is 0 Å². The van der Waals surface area contributed by atoms with Gasteiger partial charge in [-0.2, -0.15) is 5.10 Å². The highest BCUT2D eigenvalue weighted by Gasteiger charge is 1.93. The van der Waals surface area contributed by atoms with Crippen LogP contribution in [0.25, 0.3) is 0 Å². The van der Waals surface area contributed by atoms with Crippen LogP contribution < -0.4 is 11.5 Å². The summed E-state index contributed by atoms with van der Waals surface area (Å²) in [5.74, 6) is -0.0302. The van der Waals surface area contributed by atoms with Crippen LogP contribution in [0.4, 0.5) is 0 Å². The second-order valence-electron chi connectivity index (χ2n) is 3.97. The number of unbranched alkanes of at least 4 members (excludes halogenated alkanes) is 2. The van der Waals surface area contributed by atoms with Gasteiger partial charge in [0.2, 0.25) is 5.96 Å². The molecule has 0 aromatic heterocycles. The molecular weight excluding hydrogens is 212 g/mol. The smallest absolute Gasteiger partial charge is 0.211 e. The lowest BCUT2D eigenvalue weighted by Crippen LogP contribution is -2.21. The minimum Gasteiger partial charge on any atom is -0.369 e. The molecule has 0 radical (unpaired) electrons. The van der Waals surface area contributed by atoms with E-state index in [2.05, 4.69) is 29.3 Å². The Morgan fingerprint density at radius 1 is 1.18 bits per heavy atom. The summed E-state index contributed by atoms with van der Waals surface area (Å²) < 4.78 is 0. The normalized spacial score (nSPS) is 10.6. The van der Waals surface area contributed by atoms with Gasteiger partial charge in [-0.1, -0.05) is 44.0 Å². The predicted octanol–water partition coefficient (Wildman–Crippen LogP) is 2.03. The third-order valence-electron chi connectivity index (χ3n) is 2.43. The number of guanidine groups is 1. The van der Waals surface area contributed by atoms with Crippen LogP contribution in [0.15, 0.2) is 34.5 Å². The Labute approximate surface area is 102 Å². The zero-order valence-corrected chi connectivity index (χ0v) is 10.3. The average molecular weight is 232 g/mol. The van der Waals surface area contributed by atoms with Crippen molar-refractivity contribution < 1.29 is 0 Å². The fourth-order valence-electron chi connectivity index (χ4n) is 1.51. The van der Waals surface area contributed by atoms with Crippen LogP contribution in [0.2, 0.25) is 0 Å². The minimum atomic E-state index is -0.0302. The van der Waals surface area contributed by atoms with E-state index in [9.17, 15) is 0 Å². The lowest BCUT2D eigenvalue weighted by Gasteiger charge is -2.00. The molecule has 0 saturated heterocycles. The molecule has 4 nitrogen and oxygen atoms in total. The Morgan fingerprint density at radius 3 is 2.47 bits per heavy atom. The van der Waals surface area contributed by atoms with E-state index >= 15 is 0 Å². The van der Waals surface area contributed by atoms with Crippen LogP contribution >= 0.6 is 0 Å². The highest BCUT2D eigenvalue weighted by molar-refractivity contribution is 5.81. The quantitative estimate of drug-likeness (QED) is 0.341. The molecule has 17 heavy (non-hydrogen) atoms. The minimum absolute atomic E-state index is 0.0302. The Balaban J connectivity index is 2.50. The lowest BCUT2D eigenvalue weighted by atomic mass is 10.1. The van der Waals surface area contributed by atoms with Crippen LogP contribution in [0.1, 0.15) is 37.3 Å². The summed E-state index contributed by atoms with van der Waals surface area (Å²) in [4.78, 5) is 0. The van der Waals surface area contributed by atoms with Gasteiger partial charge in [-0.25, -0.2) is 0 Å². The topological polar surface area (TPSA) is 76.8 Å². The number of nitrogens with two attached hydrogens (primary N) is 2. The van der Waals surface area contributed by atoms with E-state index in [1.165, 1.54) is 24.8 Å². The van der Waals surface area contributed by atoms with Crippen molar-refractivity contribution in [3.05, 3.63) is 35.4 Å². The van der Waals surface area contributed by atoms with Crippen molar-refractivity contribution >= 4 is 12.2 Å². The fraction of sp³-hybridized carbons (Fsp3) is 0.385. The van der Waals surface area contributed by atoms with Gasteiger partial charge in [-0.05, 0) is 24.0 Å². The van der Waals surface area contributed by atoms with E-state index in [-0.39, 0.29) is 5.96 Å². The summed E-state index contributed by atoms with van der Waals surface area (Å²) >= 11 is 0. The molecule has 1 rings (SSSR count). The summed E-state index contributed by atoms with van der Waals surface area (Å²) in [6.45, 7) is 2.21. The third kappa shape index (κ3) is 5.70. The standard InChI is InChI=1S/C13H20N4/c1-2-3-4-5-11-6-8-12(9-7-11)10-16-17-13(14)15/h6-10H,2-5H2,1H3,(H4,14,15,17)/b16-10+. The zero-order chi connectivity index (χ0) is 12.5. The molecule has 1 aromatic carbocycles. The summed E-state index contributed by atoms with van der Waals surface area (Å²) in [6, 6.07) is 8.28. The lowest BCUT2D eigenvalue weighted by molar-refractivity contribution is 0.717. The molecule has 92 valence electrons. The number of hydrogen-bond donors (Lipinski definition) is 2. The van der Waals surface area contributed by atoms with Crippen LogP contribution in [-0.4, -0.2) is 12.2 Å². The zero-order valence-electron chi connectivity index (χ0n) is 10.3. The van der Waals surface area contributed by atoms with Gasteiger partial charge in [0.25, 0.3) is 0 Å². The largest absolute Gasteiger partial charge is 0.369 e. The first kappa shape index (κ1) is 13.2. The van der Waals surface area contributed by atoms with Crippen LogP contribution in [0.5, 0.6) is 0 Å². The average Bonchev–Trinajstić information content (AvgIpc) is 2.31. The van der Waals surface area contributed by atoms with Crippen LogP contribution in [0, 0.1) is 0 Å². The van der Waals surface area contributed by atoms with Crippen molar-refractivity contribution in [1.82, 2.24) is 0 Å². The molecule has 4 N–H and O–H groups in total. The molecule has 1 aromatic rings. The molecule has 0 aliphatic rings. The molecule has 0 bridgehead atoms. The van der Waals surface area contributed by atoms with Crippen LogP contribution in [-0.2, 0) is 6.42 Å². The van der Waals surface area contributed by atoms with Gasteiger partial charge in [-0.3, -0.25) is 0 Å². The van der Waals surface area contributed by atoms with Crippen molar-refractivity contribution in [3.8, 4) is 0 Å². The Morgan fingerprint density at radius 2 is 1.88 bits per heavy atom. The van der Waals surface area contributed by atoms with Crippen molar-refractivity contribution in [2.45, 2.75) is 32.6 Å². The van der Waals surface area contributed by atoms with Gasteiger partial charge in [-0.15, -0.1) is 5.10 Å². The Kier molecular flexibility index (Phi) is 5.79. The highest BCUT2D eigenvalue weighted by atomic mass is 15.3. The van der Waals surface area contributed by atoms with Gasteiger partial charge in [0, 0.05) is 0 Å². The Bertz CT molecular complexity index is 375. The van der Waals surface area contributed by atoms with Crippen molar-refractivity contribution in [3.63, 3.8) is 0 Å². The number of nitrogens with zero attached hydrogens (tertiary/aromatic N) is 2. The second-order valence-corrected chi connectivity index (χ2v) is 3.97. The first-order chi connectivity index (χ1) is 8.22. The number of hydrogen-bond acceptors (Lipinski definition) is 2. The summed E-state index contributed by atoms with van der Waals surface area (Å²) in [5.41, 5.74) is 12.7. The van der Waals surface area contributed by atoms with Gasteiger partial charge in [0.05, 0.1) is 6.21 Å². The van der Waals surface area contributed by atoms with Crippen LogP contribution in [0.3, 0.4) is 0 Å². The van der Waals surface area contributed by atoms with Gasteiger partial charge in [0.1, 0.15) is 0 Å². The van der Waals surface area contributed by atoms with Crippen molar-refractivity contribution in [2.24, 2.45) is 21.7 Å². The molecule has 0 spiro atoms. The molecule has 0 heterocycles. The molecule has 0 aliphatic heterocycles. The molecular formula is C13H20N4. The molecule has 0 amide bonds. The molecule has 0 unspecified atom stereocenters. The fourth-order valence-corrected chi connectivity index (χ4v) is 1.51. The molecule has 0 saturated carbocycles. The predicted molar refractivity (Wildman–Crippen MR) is 73.1 cm³/mol. The SMILES string of the molecule is CCCCCc1ccc(/C=N/N=C(N)N)cc1. The summed E-state index contributed by atoms with van der Waals surface area (Å²) in [7, 11) is 0. The van der Waals surface area contributed by atoms with Gasteiger partial charge >= 0.3 is 0 Å². The maximum atomic E-state index is 5.16. The second kappa shape index (κ2) is 7.44. The van der Waals surface area contributed by atoms with E-state index in [0.29, 0.717) is 0 Å². The first-order valence-corrected chi connectivity index (χ1v) is 5.93. The van der Waals surface area contributed by atoms with Gasteiger partial charge in [0.15, 0.2) is 0 Å². The summed E-state index contributed by atoms with van der Waals surface area (Å²) in [5, 5.41) is 7.30. The molecule has 0 fully saturated rings.